The van der Waals surface area contributed by atoms with E-state index in [1.165, 1.54) is 37.9 Å². The van der Waals surface area contributed by atoms with E-state index in [-0.39, 0.29) is 6.10 Å². The topological polar surface area (TPSA) is 23.5 Å². The number of benzene rings is 1. The number of hydrogen-bond donors (Lipinski definition) is 1. The third kappa shape index (κ3) is 3.83. The first-order chi connectivity index (χ1) is 8.25. The number of hydrogen-bond acceptors (Lipinski definition) is 2. The van der Waals surface area contributed by atoms with Crippen LogP contribution in [0, 0.1) is 6.92 Å². The molecule has 1 unspecified atom stereocenters. The fraction of sp³-hybridized carbons (Fsp3) is 0.600. The lowest BCUT2D eigenvalue weighted by molar-refractivity contribution is 0.134. The average molecular weight is 233 g/mol. The zero-order valence-electron chi connectivity index (χ0n) is 10.7. The molecule has 1 N–H and O–H groups in total. The van der Waals surface area contributed by atoms with E-state index in [0.29, 0.717) is 0 Å². The van der Waals surface area contributed by atoms with Crippen LogP contribution in [0.1, 0.15) is 42.9 Å². The zero-order valence-corrected chi connectivity index (χ0v) is 10.7. The van der Waals surface area contributed by atoms with Crippen LogP contribution in [0.5, 0.6) is 0 Å². The summed E-state index contributed by atoms with van der Waals surface area (Å²) >= 11 is 0. The van der Waals surface area contributed by atoms with Gasteiger partial charge in [0, 0.05) is 6.54 Å². The van der Waals surface area contributed by atoms with Crippen molar-refractivity contribution in [2.45, 2.75) is 38.7 Å². The molecule has 1 aliphatic rings. The molecule has 0 amide bonds. The number of aryl methyl sites for hydroxylation is 1. The van der Waals surface area contributed by atoms with Crippen LogP contribution in [0.25, 0.3) is 0 Å². The lowest BCUT2D eigenvalue weighted by atomic mass is 10.0. The second-order valence-corrected chi connectivity index (χ2v) is 5.12. The molecule has 94 valence electrons. The molecule has 1 heterocycles. The molecule has 2 nitrogen and oxygen atoms in total. The molecule has 1 aromatic carbocycles. The minimum atomic E-state index is -0.308. The average Bonchev–Trinajstić information content (AvgIpc) is 2.37. The maximum absolute atomic E-state index is 10.1. The molecule has 0 radical (unpaired) electrons. The Morgan fingerprint density at radius 3 is 2.71 bits per heavy atom. The van der Waals surface area contributed by atoms with Gasteiger partial charge in [-0.2, -0.15) is 0 Å². The third-order valence-electron chi connectivity index (χ3n) is 3.59. The third-order valence-corrected chi connectivity index (χ3v) is 3.59. The first-order valence-corrected chi connectivity index (χ1v) is 6.73. The lowest BCUT2D eigenvalue weighted by Gasteiger charge is -2.27. The largest absolute Gasteiger partial charge is 0.388 e. The van der Waals surface area contributed by atoms with Crippen molar-refractivity contribution in [1.29, 1.82) is 0 Å². The Hall–Kier alpha value is -0.860. The molecule has 0 saturated carbocycles. The highest BCUT2D eigenvalue weighted by molar-refractivity contribution is 5.23. The summed E-state index contributed by atoms with van der Waals surface area (Å²) in [5.74, 6) is 0. The molecule has 0 aliphatic carbocycles. The van der Waals surface area contributed by atoms with Crippen molar-refractivity contribution >= 4 is 0 Å². The van der Waals surface area contributed by atoms with Crippen LogP contribution in [0.4, 0.5) is 0 Å². The van der Waals surface area contributed by atoms with E-state index in [1.807, 2.05) is 12.1 Å². The van der Waals surface area contributed by atoms with Crippen molar-refractivity contribution in [3.05, 3.63) is 35.4 Å². The van der Waals surface area contributed by atoms with E-state index in [2.05, 4.69) is 24.0 Å². The molecule has 1 saturated heterocycles. The number of likely N-dealkylation sites (tertiary alicyclic amines) is 1. The van der Waals surface area contributed by atoms with Crippen LogP contribution < -0.4 is 0 Å². The molecule has 2 heteroatoms. The molecule has 1 aliphatic heterocycles. The van der Waals surface area contributed by atoms with E-state index in [0.717, 1.165) is 18.5 Å². The minimum Gasteiger partial charge on any atom is -0.388 e. The number of piperidine rings is 1. The molecule has 0 spiro atoms. The van der Waals surface area contributed by atoms with Crippen LogP contribution in [-0.2, 0) is 0 Å². The van der Waals surface area contributed by atoms with E-state index in [1.54, 1.807) is 0 Å². The Morgan fingerprint density at radius 1 is 1.24 bits per heavy atom. The molecule has 0 bridgehead atoms. The van der Waals surface area contributed by atoms with Gasteiger partial charge in [-0.25, -0.2) is 0 Å². The van der Waals surface area contributed by atoms with E-state index in [4.69, 9.17) is 0 Å². The maximum atomic E-state index is 10.1. The smallest absolute Gasteiger partial charge is 0.0802 e. The van der Waals surface area contributed by atoms with E-state index >= 15 is 0 Å². The molecule has 1 atom stereocenters. The monoisotopic (exact) mass is 233 g/mol. The molecule has 17 heavy (non-hydrogen) atoms. The lowest BCUT2D eigenvalue weighted by Crippen LogP contribution is -2.31. The molecule has 1 fully saturated rings. The van der Waals surface area contributed by atoms with Crippen molar-refractivity contribution in [3.8, 4) is 0 Å². The highest BCUT2D eigenvalue weighted by atomic mass is 16.3. The Balaban J connectivity index is 1.82. The van der Waals surface area contributed by atoms with Gasteiger partial charge in [0.25, 0.3) is 0 Å². The quantitative estimate of drug-likeness (QED) is 0.864. The first-order valence-electron chi connectivity index (χ1n) is 6.73. The summed E-state index contributed by atoms with van der Waals surface area (Å²) in [6, 6.07) is 8.20. The van der Waals surface area contributed by atoms with Crippen LogP contribution >= 0.6 is 0 Å². The van der Waals surface area contributed by atoms with Crippen LogP contribution in [-0.4, -0.2) is 29.6 Å². The van der Waals surface area contributed by atoms with Gasteiger partial charge in [0.05, 0.1) is 6.10 Å². The Bertz CT molecular complexity index is 345. The van der Waals surface area contributed by atoms with Crippen LogP contribution in [0.15, 0.2) is 24.3 Å². The van der Waals surface area contributed by atoms with Crippen molar-refractivity contribution in [1.82, 2.24) is 4.90 Å². The van der Waals surface area contributed by atoms with E-state index in [9.17, 15) is 5.11 Å². The van der Waals surface area contributed by atoms with E-state index < -0.39 is 0 Å². The molecular formula is C15H23NO. The molecule has 1 aromatic rings. The normalized spacial score (nSPS) is 19.2. The van der Waals surface area contributed by atoms with Crippen molar-refractivity contribution < 1.29 is 5.11 Å². The highest BCUT2D eigenvalue weighted by Crippen LogP contribution is 2.19. The first kappa shape index (κ1) is 12.6. The predicted molar refractivity (Wildman–Crippen MR) is 71.0 cm³/mol. The predicted octanol–water partition coefficient (Wildman–Crippen LogP) is 2.90. The SMILES string of the molecule is Cc1cccc(C(O)CCN2CCCCC2)c1. The van der Waals surface area contributed by atoms with Gasteiger partial charge in [0.1, 0.15) is 0 Å². The van der Waals surface area contributed by atoms with Gasteiger partial charge in [0.15, 0.2) is 0 Å². The van der Waals surface area contributed by atoms with Gasteiger partial charge in [-0.05, 0) is 44.8 Å². The summed E-state index contributed by atoms with van der Waals surface area (Å²) < 4.78 is 0. The van der Waals surface area contributed by atoms with Crippen molar-refractivity contribution in [2.75, 3.05) is 19.6 Å². The number of aliphatic hydroxyl groups is 1. The van der Waals surface area contributed by atoms with Gasteiger partial charge >= 0.3 is 0 Å². The summed E-state index contributed by atoms with van der Waals surface area (Å²) in [5.41, 5.74) is 2.28. The summed E-state index contributed by atoms with van der Waals surface area (Å²) in [4.78, 5) is 2.47. The highest BCUT2D eigenvalue weighted by Gasteiger charge is 2.13. The number of nitrogens with zero attached hydrogens (tertiary/aromatic N) is 1. The number of aliphatic hydroxyl groups excluding tert-OH is 1. The van der Waals surface area contributed by atoms with Crippen LogP contribution in [0.3, 0.4) is 0 Å². The second-order valence-electron chi connectivity index (χ2n) is 5.12. The molecule has 0 aromatic heterocycles. The Morgan fingerprint density at radius 2 is 2.00 bits per heavy atom. The Labute approximate surface area is 104 Å². The standard InChI is InChI=1S/C15H23NO/c1-13-6-5-7-14(12-13)15(17)8-11-16-9-3-2-4-10-16/h5-7,12,15,17H,2-4,8-11H2,1H3. The summed E-state index contributed by atoms with van der Waals surface area (Å²) in [6.07, 6.45) is 4.55. The van der Waals surface area contributed by atoms with Gasteiger partial charge in [-0.15, -0.1) is 0 Å². The zero-order chi connectivity index (χ0) is 12.1. The second kappa shape index (κ2) is 6.18. The summed E-state index contributed by atoms with van der Waals surface area (Å²) in [7, 11) is 0. The summed E-state index contributed by atoms with van der Waals surface area (Å²) in [6.45, 7) is 5.51. The fourth-order valence-electron chi connectivity index (χ4n) is 2.53. The van der Waals surface area contributed by atoms with Gasteiger partial charge < -0.3 is 10.0 Å². The fourth-order valence-corrected chi connectivity index (χ4v) is 2.53. The minimum absolute atomic E-state index is 0.308. The van der Waals surface area contributed by atoms with Gasteiger partial charge in [-0.1, -0.05) is 36.2 Å². The number of rotatable bonds is 4. The molecule has 2 rings (SSSR count). The summed E-state index contributed by atoms with van der Waals surface area (Å²) in [5, 5.41) is 10.1. The van der Waals surface area contributed by atoms with Gasteiger partial charge in [-0.3, -0.25) is 0 Å². The molecular weight excluding hydrogens is 210 g/mol. The van der Waals surface area contributed by atoms with Gasteiger partial charge in [0.2, 0.25) is 0 Å². The maximum Gasteiger partial charge on any atom is 0.0802 e. The Kier molecular flexibility index (Phi) is 4.57. The van der Waals surface area contributed by atoms with Crippen molar-refractivity contribution in [3.63, 3.8) is 0 Å². The van der Waals surface area contributed by atoms with Crippen LogP contribution in [0.2, 0.25) is 0 Å². The van der Waals surface area contributed by atoms with Crippen molar-refractivity contribution in [2.24, 2.45) is 0 Å².